The Balaban J connectivity index is 1.93. The van der Waals surface area contributed by atoms with Crippen molar-refractivity contribution in [1.29, 1.82) is 0 Å². The summed E-state index contributed by atoms with van der Waals surface area (Å²) in [5, 5.41) is 0. The van der Waals surface area contributed by atoms with E-state index < -0.39 is 10.0 Å². The highest BCUT2D eigenvalue weighted by Gasteiger charge is 2.29. The van der Waals surface area contributed by atoms with Gasteiger partial charge in [-0.3, -0.25) is 4.79 Å². The third kappa shape index (κ3) is 5.26. The molecule has 0 saturated carbocycles. The number of carbonyl (C=O) groups excluding carboxylic acids is 1. The topological polar surface area (TPSA) is 66.9 Å². The minimum Gasteiger partial charge on any atom is -0.378 e. The number of hydrogen-bond donors (Lipinski definition) is 0. The summed E-state index contributed by atoms with van der Waals surface area (Å²) in [7, 11) is -3.34. The molecular formula is C18H28N2O4S. The average molecular weight is 368 g/mol. The van der Waals surface area contributed by atoms with E-state index in [-0.39, 0.29) is 24.4 Å². The molecule has 0 aliphatic carbocycles. The Morgan fingerprint density at radius 1 is 1.16 bits per heavy atom. The molecule has 1 aliphatic heterocycles. The first kappa shape index (κ1) is 19.9. The molecule has 1 aliphatic rings. The molecule has 1 amide bonds. The lowest BCUT2D eigenvalue weighted by atomic mass is 10.0. The fraction of sp³-hybridized carbons (Fsp3) is 0.611. The van der Waals surface area contributed by atoms with Crippen molar-refractivity contribution >= 4 is 15.9 Å². The molecule has 0 N–H and O–H groups in total. The number of rotatable bonds is 7. The minimum absolute atomic E-state index is 0.0161. The van der Waals surface area contributed by atoms with Gasteiger partial charge < -0.3 is 9.64 Å². The molecule has 1 aromatic rings. The van der Waals surface area contributed by atoms with Crippen molar-refractivity contribution in [3.8, 4) is 0 Å². The van der Waals surface area contributed by atoms with Crippen molar-refractivity contribution in [2.45, 2.75) is 33.3 Å². The highest BCUT2D eigenvalue weighted by molar-refractivity contribution is 7.89. The van der Waals surface area contributed by atoms with Gasteiger partial charge in [0.25, 0.3) is 5.91 Å². The van der Waals surface area contributed by atoms with Gasteiger partial charge in [0.2, 0.25) is 10.0 Å². The van der Waals surface area contributed by atoms with Crippen LogP contribution in [0.25, 0.3) is 0 Å². The number of ether oxygens (including phenoxy) is 1. The summed E-state index contributed by atoms with van der Waals surface area (Å²) >= 11 is 0. The molecule has 0 spiro atoms. The van der Waals surface area contributed by atoms with E-state index in [1.807, 2.05) is 45.0 Å². The lowest BCUT2D eigenvalue weighted by Crippen LogP contribution is -2.51. The first-order valence-electron chi connectivity index (χ1n) is 8.81. The van der Waals surface area contributed by atoms with Crippen molar-refractivity contribution in [2.75, 3.05) is 38.5 Å². The van der Waals surface area contributed by atoms with Crippen LogP contribution in [0.4, 0.5) is 0 Å². The third-order valence-electron chi connectivity index (χ3n) is 4.34. The van der Waals surface area contributed by atoms with Crippen molar-refractivity contribution < 1.29 is 17.9 Å². The zero-order chi connectivity index (χ0) is 18.4. The molecule has 7 heteroatoms. The van der Waals surface area contributed by atoms with E-state index >= 15 is 0 Å². The standard InChI is InChI=1S/C18H28N2O4S/c1-4-16-7-5-6-8-17(16)18(21)19-9-11-20(12-10-19)25(22,23)14-13-24-15(2)3/h5-8,15H,4,9-14H2,1-3H3. The predicted octanol–water partition coefficient (Wildman–Crippen LogP) is 1.76. The minimum atomic E-state index is -3.34. The maximum atomic E-state index is 12.7. The maximum Gasteiger partial charge on any atom is 0.254 e. The molecule has 0 aromatic heterocycles. The van der Waals surface area contributed by atoms with E-state index in [1.165, 1.54) is 4.31 Å². The molecule has 0 bridgehead atoms. The highest BCUT2D eigenvalue weighted by Crippen LogP contribution is 2.15. The van der Waals surface area contributed by atoms with Gasteiger partial charge in [-0.1, -0.05) is 25.1 Å². The second-order valence-corrected chi connectivity index (χ2v) is 8.53. The van der Waals surface area contributed by atoms with Gasteiger partial charge in [0.05, 0.1) is 18.5 Å². The number of aryl methyl sites for hydroxylation is 1. The Bertz CT molecular complexity index is 680. The number of hydrogen-bond acceptors (Lipinski definition) is 4. The number of amides is 1. The molecule has 1 aromatic carbocycles. The first-order valence-corrected chi connectivity index (χ1v) is 10.4. The van der Waals surface area contributed by atoms with Gasteiger partial charge in [-0.15, -0.1) is 0 Å². The van der Waals surface area contributed by atoms with Crippen molar-refractivity contribution in [3.05, 3.63) is 35.4 Å². The molecule has 25 heavy (non-hydrogen) atoms. The largest absolute Gasteiger partial charge is 0.378 e. The third-order valence-corrected chi connectivity index (χ3v) is 6.17. The monoisotopic (exact) mass is 368 g/mol. The van der Waals surface area contributed by atoms with Crippen LogP contribution < -0.4 is 0 Å². The number of nitrogens with zero attached hydrogens (tertiary/aromatic N) is 2. The van der Waals surface area contributed by atoms with Gasteiger partial charge in [-0.25, -0.2) is 8.42 Å². The summed E-state index contributed by atoms with van der Waals surface area (Å²) in [6.07, 6.45) is 0.815. The normalized spacial score (nSPS) is 16.4. The van der Waals surface area contributed by atoms with Crippen molar-refractivity contribution in [3.63, 3.8) is 0 Å². The Hall–Kier alpha value is -1.44. The van der Waals surface area contributed by atoms with Crippen LogP contribution in [0.1, 0.15) is 36.7 Å². The lowest BCUT2D eigenvalue weighted by molar-refractivity contribution is 0.0692. The van der Waals surface area contributed by atoms with Crippen LogP contribution in [-0.4, -0.2) is 68.2 Å². The zero-order valence-electron chi connectivity index (χ0n) is 15.3. The van der Waals surface area contributed by atoms with Gasteiger partial charge in [-0.2, -0.15) is 4.31 Å². The van der Waals surface area contributed by atoms with Gasteiger partial charge in [0, 0.05) is 31.7 Å². The Morgan fingerprint density at radius 2 is 1.80 bits per heavy atom. The highest BCUT2D eigenvalue weighted by atomic mass is 32.2. The molecule has 1 heterocycles. The Morgan fingerprint density at radius 3 is 2.40 bits per heavy atom. The van der Waals surface area contributed by atoms with Gasteiger partial charge in [-0.05, 0) is 31.9 Å². The van der Waals surface area contributed by atoms with E-state index in [0.29, 0.717) is 31.7 Å². The summed E-state index contributed by atoms with van der Waals surface area (Å²) in [6.45, 7) is 7.49. The number of piperazine rings is 1. The first-order chi connectivity index (χ1) is 11.8. The smallest absolute Gasteiger partial charge is 0.254 e. The lowest BCUT2D eigenvalue weighted by Gasteiger charge is -2.34. The van der Waals surface area contributed by atoms with Crippen molar-refractivity contribution in [2.24, 2.45) is 0 Å². The van der Waals surface area contributed by atoms with E-state index in [2.05, 4.69) is 0 Å². The van der Waals surface area contributed by atoms with Crippen LogP contribution >= 0.6 is 0 Å². The Labute approximate surface area is 150 Å². The molecule has 140 valence electrons. The van der Waals surface area contributed by atoms with E-state index in [1.54, 1.807) is 4.90 Å². The van der Waals surface area contributed by atoms with Gasteiger partial charge in [0.15, 0.2) is 0 Å². The van der Waals surface area contributed by atoms with Crippen LogP contribution in [0.2, 0.25) is 0 Å². The summed E-state index contributed by atoms with van der Waals surface area (Å²) in [5.41, 5.74) is 1.74. The van der Waals surface area contributed by atoms with E-state index in [9.17, 15) is 13.2 Å². The number of sulfonamides is 1. The summed E-state index contributed by atoms with van der Waals surface area (Å²) in [6, 6.07) is 7.59. The van der Waals surface area contributed by atoms with Crippen LogP contribution in [0.3, 0.4) is 0 Å². The quantitative estimate of drug-likeness (QED) is 0.736. The molecule has 0 unspecified atom stereocenters. The van der Waals surface area contributed by atoms with E-state index in [4.69, 9.17) is 4.74 Å². The van der Waals surface area contributed by atoms with Gasteiger partial charge in [0.1, 0.15) is 0 Å². The number of carbonyl (C=O) groups is 1. The number of benzene rings is 1. The van der Waals surface area contributed by atoms with Gasteiger partial charge >= 0.3 is 0 Å². The molecule has 1 saturated heterocycles. The van der Waals surface area contributed by atoms with E-state index in [0.717, 1.165) is 12.0 Å². The molecule has 1 fully saturated rings. The second-order valence-electron chi connectivity index (χ2n) is 6.44. The summed E-state index contributed by atoms with van der Waals surface area (Å²) in [5.74, 6) is -0.0322. The second kappa shape index (κ2) is 8.78. The molecule has 6 nitrogen and oxygen atoms in total. The molecular weight excluding hydrogens is 340 g/mol. The zero-order valence-corrected chi connectivity index (χ0v) is 16.1. The van der Waals surface area contributed by atoms with Crippen LogP contribution in [-0.2, 0) is 21.2 Å². The maximum absolute atomic E-state index is 12.7. The fourth-order valence-corrected chi connectivity index (χ4v) is 4.18. The van der Waals surface area contributed by atoms with Crippen LogP contribution in [0.15, 0.2) is 24.3 Å². The molecule has 0 atom stereocenters. The van der Waals surface area contributed by atoms with Crippen LogP contribution in [0.5, 0.6) is 0 Å². The SMILES string of the molecule is CCc1ccccc1C(=O)N1CCN(S(=O)(=O)CCOC(C)C)CC1. The van der Waals surface area contributed by atoms with Crippen LogP contribution in [0, 0.1) is 0 Å². The average Bonchev–Trinajstić information content (AvgIpc) is 2.60. The molecule has 0 radical (unpaired) electrons. The summed E-state index contributed by atoms with van der Waals surface area (Å²) < 4.78 is 31.5. The fourth-order valence-electron chi connectivity index (χ4n) is 2.90. The predicted molar refractivity (Wildman–Crippen MR) is 98.2 cm³/mol. The Kier molecular flexibility index (Phi) is 6.98. The molecule has 2 rings (SSSR count). The van der Waals surface area contributed by atoms with Crippen molar-refractivity contribution in [1.82, 2.24) is 9.21 Å². The summed E-state index contributed by atoms with van der Waals surface area (Å²) in [4.78, 5) is 14.5.